The summed E-state index contributed by atoms with van der Waals surface area (Å²) in [5.41, 5.74) is -0.576. The van der Waals surface area contributed by atoms with Crippen molar-refractivity contribution < 1.29 is 13.2 Å². The van der Waals surface area contributed by atoms with Crippen molar-refractivity contribution in [2.45, 2.75) is 19.1 Å². The molecule has 5 heteroatoms. The first-order chi connectivity index (χ1) is 5.82. The highest BCUT2D eigenvalue weighted by Gasteiger charge is 2.39. The predicted molar refractivity (Wildman–Crippen MR) is 44.0 cm³/mol. The largest absolute Gasteiger partial charge is 0.432 e. The zero-order valence-electron chi connectivity index (χ0n) is 7.89. The van der Waals surface area contributed by atoms with Gasteiger partial charge in [-0.2, -0.15) is 13.2 Å². The molecule has 1 rings (SSSR count). The van der Waals surface area contributed by atoms with E-state index in [0.29, 0.717) is 6.54 Å². The lowest BCUT2D eigenvalue weighted by molar-refractivity contribution is -0.114. The minimum absolute atomic E-state index is 0.121. The van der Waals surface area contributed by atoms with E-state index >= 15 is 0 Å². The van der Waals surface area contributed by atoms with Gasteiger partial charge in [-0.1, -0.05) is 0 Å². The van der Waals surface area contributed by atoms with E-state index in [1.807, 2.05) is 6.92 Å². The Morgan fingerprint density at radius 2 is 1.92 bits per heavy atom. The van der Waals surface area contributed by atoms with Crippen molar-refractivity contribution in [3.05, 3.63) is 11.9 Å². The number of rotatable bonds is 0. The van der Waals surface area contributed by atoms with Gasteiger partial charge < -0.3 is 9.80 Å². The van der Waals surface area contributed by atoms with Crippen LogP contribution in [0.3, 0.4) is 0 Å². The van der Waals surface area contributed by atoms with Gasteiger partial charge in [-0.3, -0.25) is 0 Å². The van der Waals surface area contributed by atoms with Crippen molar-refractivity contribution in [1.29, 1.82) is 0 Å². The maximum absolute atomic E-state index is 12.4. The number of alkyl halides is 3. The monoisotopic (exact) mass is 194 g/mol. The molecule has 0 aliphatic carbocycles. The van der Waals surface area contributed by atoms with Crippen LogP contribution in [0.2, 0.25) is 0 Å². The van der Waals surface area contributed by atoms with Gasteiger partial charge in [0.05, 0.1) is 0 Å². The molecule has 1 unspecified atom stereocenters. The molecular weight excluding hydrogens is 181 g/mol. The van der Waals surface area contributed by atoms with E-state index in [1.165, 1.54) is 11.9 Å². The predicted octanol–water partition coefficient (Wildman–Crippen LogP) is 1.66. The average Bonchev–Trinajstić information content (AvgIpc) is 1.94. The normalized spacial score (nSPS) is 24.8. The van der Waals surface area contributed by atoms with E-state index in [9.17, 15) is 13.2 Å². The average molecular weight is 194 g/mol. The van der Waals surface area contributed by atoms with Gasteiger partial charge in [-0.25, -0.2) is 0 Å². The summed E-state index contributed by atoms with van der Waals surface area (Å²) in [6.45, 7) is 2.29. The molecule has 0 aromatic heterocycles. The van der Waals surface area contributed by atoms with Gasteiger partial charge in [0.2, 0.25) is 0 Å². The quantitative estimate of drug-likeness (QED) is 0.578. The fourth-order valence-electron chi connectivity index (χ4n) is 1.33. The van der Waals surface area contributed by atoms with E-state index in [0.717, 1.165) is 6.20 Å². The van der Waals surface area contributed by atoms with Gasteiger partial charge in [-0.05, 0) is 6.92 Å². The van der Waals surface area contributed by atoms with Crippen LogP contribution in [0.4, 0.5) is 13.2 Å². The Bertz CT molecular complexity index is 222. The molecule has 0 N–H and O–H groups in total. The second-order valence-electron chi connectivity index (χ2n) is 3.41. The highest BCUT2D eigenvalue weighted by molar-refractivity contribution is 5.10. The number of allylic oxidation sites excluding steroid dienone is 1. The lowest BCUT2D eigenvalue weighted by atomic mass is 10.2. The molecule has 0 aromatic rings. The molecule has 0 aromatic carbocycles. The minimum atomic E-state index is -4.25. The zero-order valence-corrected chi connectivity index (χ0v) is 7.89. The Hall–Kier alpha value is -0.870. The Morgan fingerprint density at radius 3 is 2.38 bits per heavy atom. The first kappa shape index (κ1) is 10.2. The molecule has 1 atom stereocenters. The van der Waals surface area contributed by atoms with Crippen molar-refractivity contribution >= 4 is 0 Å². The highest BCUT2D eigenvalue weighted by Crippen LogP contribution is 2.30. The summed E-state index contributed by atoms with van der Waals surface area (Å²) in [7, 11) is 3.12. The Kier molecular flexibility index (Phi) is 2.45. The molecule has 0 saturated carbocycles. The van der Waals surface area contributed by atoms with Crippen LogP contribution in [0.15, 0.2) is 11.9 Å². The highest BCUT2D eigenvalue weighted by atomic mass is 19.4. The van der Waals surface area contributed by atoms with Crippen LogP contribution < -0.4 is 0 Å². The molecule has 1 heterocycles. The molecule has 0 amide bonds. The van der Waals surface area contributed by atoms with Crippen LogP contribution in [0.1, 0.15) is 6.92 Å². The summed E-state index contributed by atoms with van der Waals surface area (Å²) >= 11 is 0. The molecule has 0 radical (unpaired) electrons. The van der Waals surface area contributed by atoms with Crippen LogP contribution in [0, 0.1) is 0 Å². The molecule has 0 fully saturated rings. The van der Waals surface area contributed by atoms with Crippen molar-refractivity contribution in [2.24, 2.45) is 0 Å². The third-order valence-electron chi connectivity index (χ3n) is 2.26. The van der Waals surface area contributed by atoms with Crippen molar-refractivity contribution in [3.8, 4) is 0 Å². The molecular formula is C8H13F3N2. The molecule has 76 valence electrons. The summed E-state index contributed by atoms with van der Waals surface area (Å²) < 4.78 is 37.1. The van der Waals surface area contributed by atoms with Crippen LogP contribution in [-0.4, -0.2) is 42.7 Å². The number of halogens is 3. The molecule has 1 aliphatic heterocycles. The minimum Gasteiger partial charge on any atom is -0.374 e. The van der Waals surface area contributed by atoms with Crippen molar-refractivity contribution in [2.75, 3.05) is 20.6 Å². The van der Waals surface area contributed by atoms with Gasteiger partial charge in [0, 0.05) is 32.9 Å². The van der Waals surface area contributed by atoms with Gasteiger partial charge in [0.15, 0.2) is 0 Å². The SMILES string of the molecule is CC1CN(C)C(C(F)(F)F)=CN1C. The summed E-state index contributed by atoms with van der Waals surface area (Å²) in [4.78, 5) is 2.83. The summed E-state index contributed by atoms with van der Waals surface area (Å²) in [6.07, 6.45) is -3.10. The van der Waals surface area contributed by atoms with Gasteiger partial charge in [0.1, 0.15) is 5.70 Å². The molecule has 2 nitrogen and oxygen atoms in total. The summed E-state index contributed by atoms with van der Waals surface area (Å²) in [6, 6.07) is 0.121. The lowest BCUT2D eigenvalue weighted by Crippen LogP contribution is -2.44. The third kappa shape index (κ3) is 2.08. The Morgan fingerprint density at radius 1 is 1.38 bits per heavy atom. The molecule has 0 bridgehead atoms. The first-order valence-corrected chi connectivity index (χ1v) is 4.04. The number of hydrogen-bond acceptors (Lipinski definition) is 2. The van der Waals surface area contributed by atoms with Gasteiger partial charge in [0.25, 0.3) is 0 Å². The van der Waals surface area contributed by atoms with E-state index in [1.54, 1.807) is 11.9 Å². The van der Waals surface area contributed by atoms with E-state index in [2.05, 4.69) is 0 Å². The van der Waals surface area contributed by atoms with Crippen molar-refractivity contribution in [3.63, 3.8) is 0 Å². The van der Waals surface area contributed by atoms with Crippen LogP contribution in [-0.2, 0) is 0 Å². The molecule has 0 spiro atoms. The van der Waals surface area contributed by atoms with Gasteiger partial charge in [-0.15, -0.1) is 0 Å². The van der Waals surface area contributed by atoms with E-state index in [-0.39, 0.29) is 6.04 Å². The van der Waals surface area contributed by atoms with Crippen LogP contribution in [0.25, 0.3) is 0 Å². The summed E-state index contributed by atoms with van der Waals surface area (Å²) in [5.74, 6) is 0. The van der Waals surface area contributed by atoms with Gasteiger partial charge >= 0.3 is 6.18 Å². The van der Waals surface area contributed by atoms with Crippen LogP contribution in [0.5, 0.6) is 0 Å². The molecule has 1 aliphatic rings. The maximum Gasteiger partial charge on any atom is 0.432 e. The second kappa shape index (κ2) is 3.12. The number of hydrogen-bond donors (Lipinski definition) is 0. The smallest absolute Gasteiger partial charge is 0.374 e. The van der Waals surface area contributed by atoms with Crippen molar-refractivity contribution in [1.82, 2.24) is 9.80 Å². The fraction of sp³-hybridized carbons (Fsp3) is 0.750. The maximum atomic E-state index is 12.4. The Balaban J connectivity index is 2.90. The topological polar surface area (TPSA) is 6.48 Å². The molecule has 13 heavy (non-hydrogen) atoms. The number of likely N-dealkylation sites (N-methyl/N-ethyl adjacent to an activating group) is 2. The lowest BCUT2D eigenvalue weighted by Gasteiger charge is -2.37. The Labute approximate surface area is 75.6 Å². The molecule has 0 saturated heterocycles. The first-order valence-electron chi connectivity index (χ1n) is 4.04. The number of nitrogens with zero attached hydrogens (tertiary/aromatic N) is 2. The second-order valence-corrected chi connectivity index (χ2v) is 3.41. The fourth-order valence-corrected chi connectivity index (χ4v) is 1.33. The van der Waals surface area contributed by atoms with E-state index < -0.39 is 11.9 Å². The van der Waals surface area contributed by atoms with Crippen LogP contribution >= 0.6 is 0 Å². The summed E-state index contributed by atoms with van der Waals surface area (Å²) in [5, 5.41) is 0. The van der Waals surface area contributed by atoms with E-state index in [4.69, 9.17) is 0 Å². The third-order valence-corrected chi connectivity index (χ3v) is 2.26. The standard InChI is InChI=1S/C8H13F3N2/c1-6-4-13(3)7(5-12(6)2)8(9,10)11/h5-6H,4H2,1-3H3. The zero-order chi connectivity index (χ0) is 10.2.